The largest absolute Gasteiger partial charge is 0.477 e. The van der Waals surface area contributed by atoms with Gasteiger partial charge in [-0.15, -0.1) is 0 Å². The first-order valence-corrected chi connectivity index (χ1v) is 4.97. The van der Waals surface area contributed by atoms with Crippen molar-refractivity contribution in [2.75, 3.05) is 6.61 Å². The number of hydrogen-bond donors (Lipinski definition) is 1. The van der Waals surface area contributed by atoms with E-state index in [0.717, 1.165) is 0 Å². The molecule has 0 saturated carbocycles. The molecule has 1 amide bonds. The Hall–Kier alpha value is -1.29. The normalized spacial score (nSPS) is 10.4. The summed E-state index contributed by atoms with van der Waals surface area (Å²) in [5.74, 6) is 0.211. The van der Waals surface area contributed by atoms with Gasteiger partial charge in [0, 0.05) is 6.07 Å². The molecule has 1 rings (SSSR count). The van der Waals surface area contributed by atoms with Gasteiger partial charge in [-0.2, -0.15) is 0 Å². The Morgan fingerprint density at radius 2 is 2.27 bits per heavy atom. The number of primary amides is 1. The average Bonchev–Trinajstić information content (AvgIpc) is 2.14. The number of pyridine rings is 1. The van der Waals surface area contributed by atoms with Crippen LogP contribution >= 0.6 is 11.6 Å². The molecule has 0 aliphatic heterocycles. The molecule has 2 N–H and O–H groups in total. The van der Waals surface area contributed by atoms with Crippen molar-refractivity contribution in [3.8, 4) is 5.88 Å². The minimum absolute atomic E-state index is 0.0729. The van der Waals surface area contributed by atoms with E-state index in [9.17, 15) is 4.79 Å². The van der Waals surface area contributed by atoms with Crippen molar-refractivity contribution in [3.05, 3.63) is 22.8 Å². The van der Waals surface area contributed by atoms with Crippen molar-refractivity contribution in [1.82, 2.24) is 4.98 Å². The van der Waals surface area contributed by atoms with Crippen LogP contribution in [0.25, 0.3) is 0 Å². The lowest BCUT2D eigenvalue weighted by Gasteiger charge is -2.08. The highest BCUT2D eigenvalue weighted by Gasteiger charge is 2.09. The van der Waals surface area contributed by atoms with Crippen molar-refractivity contribution in [1.29, 1.82) is 0 Å². The predicted octanol–water partition coefficient (Wildman–Crippen LogP) is 1.87. The van der Waals surface area contributed by atoms with Crippen molar-refractivity contribution < 1.29 is 9.53 Å². The SMILES string of the molecule is CC(C)COc1ccc(C(N)=O)c(Cl)n1. The maximum absolute atomic E-state index is 10.9. The number of hydrogen-bond acceptors (Lipinski definition) is 3. The molecule has 1 heterocycles. The lowest BCUT2D eigenvalue weighted by molar-refractivity contribution is 0.1000. The highest BCUT2D eigenvalue weighted by Crippen LogP contribution is 2.17. The van der Waals surface area contributed by atoms with Gasteiger partial charge in [0.2, 0.25) is 5.88 Å². The van der Waals surface area contributed by atoms with Gasteiger partial charge in [-0.05, 0) is 12.0 Å². The van der Waals surface area contributed by atoms with Crippen LogP contribution in [0.5, 0.6) is 5.88 Å². The molecule has 0 aliphatic carbocycles. The first-order valence-electron chi connectivity index (χ1n) is 4.60. The molecular weight excluding hydrogens is 216 g/mol. The van der Waals surface area contributed by atoms with E-state index in [2.05, 4.69) is 4.98 Å². The van der Waals surface area contributed by atoms with Gasteiger partial charge < -0.3 is 10.5 Å². The molecule has 1 aromatic rings. The van der Waals surface area contributed by atoms with Crippen molar-refractivity contribution in [3.63, 3.8) is 0 Å². The lowest BCUT2D eigenvalue weighted by atomic mass is 10.2. The molecule has 5 heteroatoms. The Kier molecular flexibility index (Phi) is 3.91. The van der Waals surface area contributed by atoms with Crippen LogP contribution in [0, 0.1) is 5.92 Å². The monoisotopic (exact) mass is 228 g/mol. The minimum atomic E-state index is -0.595. The smallest absolute Gasteiger partial charge is 0.251 e. The predicted molar refractivity (Wildman–Crippen MR) is 58.1 cm³/mol. The molecule has 1 aromatic heterocycles. The molecule has 0 spiro atoms. The maximum Gasteiger partial charge on any atom is 0.251 e. The average molecular weight is 229 g/mol. The number of carbonyl (C=O) groups is 1. The quantitative estimate of drug-likeness (QED) is 0.800. The maximum atomic E-state index is 10.9. The number of aromatic nitrogens is 1. The molecule has 15 heavy (non-hydrogen) atoms. The van der Waals surface area contributed by atoms with E-state index in [-0.39, 0.29) is 10.7 Å². The van der Waals surface area contributed by atoms with Crippen LogP contribution in [0.1, 0.15) is 24.2 Å². The fourth-order valence-corrected chi connectivity index (χ4v) is 1.17. The third-order valence-corrected chi connectivity index (χ3v) is 1.94. The summed E-state index contributed by atoms with van der Waals surface area (Å²) in [6.45, 7) is 4.61. The Bertz CT molecular complexity index is 366. The van der Waals surface area contributed by atoms with Crippen LogP contribution in [0.15, 0.2) is 12.1 Å². The van der Waals surface area contributed by atoms with Gasteiger partial charge >= 0.3 is 0 Å². The van der Waals surface area contributed by atoms with Crippen molar-refractivity contribution >= 4 is 17.5 Å². The van der Waals surface area contributed by atoms with E-state index in [0.29, 0.717) is 18.4 Å². The van der Waals surface area contributed by atoms with Crippen LogP contribution in [-0.2, 0) is 0 Å². The third-order valence-electron chi connectivity index (χ3n) is 1.65. The summed E-state index contributed by atoms with van der Waals surface area (Å²) >= 11 is 5.75. The zero-order valence-electron chi connectivity index (χ0n) is 8.66. The summed E-state index contributed by atoms with van der Waals surface area (Å²) in [7, 11) is 0. The summed E-state index contributed by atoms with van der Waals surface area (Å²) in [6.07, 6.45) is 0. The Morgan fingerprint density at radius 1 is 1.60 bits per heavy atom. The number of amides is 1. The third kappa shape index (κ3) is 3.40. The summed E-state index contributed by atoms with van der Waals surface area (Å²) in [6, 6.07) is 3.08. The molecular formula is C10H13ClN2O2. The van der Waals surface area contributed by atoms with Gasteiger partial charge in [-0.1, -0.05) is 25.4 Å². The van der Waals surface area contributed by atoms with Gasteiger partial charge in [0.05, 0.1) is 12.2 Å². The van der Waals surface area contributed by atoms with E-state index in [1.807, 2.05) is 13.8 Å². The van der Waals surface area contributed by atoms with Gasteiger partial charge in [-0.25, -0.2) is 4.98 Å². The number of halogens is 1. The highest BCUT2D eigenvalue weighted by molar-refractivity contribution is 6.32. The Labute approximate surface area is 93.4 Å². The fraction of sp³-hybridized carbons (Fsp3) is 0.400. The van der Waals surface area contributed by atoms with Crippen LogP contribution in [-0.4, -0.2) is 17.5 Å². The lowest BCUT2D eigenvalue weighted by Crippen LogP contribution is -2.13. The summed E-state index contributed by atoms with van der Waals surface area (Å²) in [5.41, 5.74) is 5.29. The van der Waals surface area contributed by atoms with Crippen LogP contribution in [0.3, 0.4) is 0 Å². The summed E-state index contributed by atoms with van der Waals surface area (Å²) in [5, 5.41) is 0.0729. The van der Waals surface area contributed by atoms with Gasteiger partial charge in [0.15, 0.2) is 0 Å². The Morgan fingerprint density at radius 3 is 2.73 bits per heavy atom. The summed E-state index contributed by atoms with van der Waals surface area (Å²) in [4.78, 5) is 14.8. The second-order valence-electron chi connectivity index (χ2n) is 3.56. The van der Waals surface area contributed by atoms with Crippen LogP contribution < -0.4 is 10.5 Å². The number of ether oxygens (including phenoxy) is 1. The molecule has 0 atom stereocenters. The van der Waals surface area contributed by atoms with E-state index in [1.165, 1.54) is 6.07 Å². The van der Waals surface area contributed by atoms with Crippen molar-refractivity contribution in [2.24, 2.45) is 11.7 Å². The molecule has 82 valence electrons. The van der Waals surface area contributed by atoms with Gasteiger partial charge in [0.1, 0.15) is 5.15 Å². The number of carbonyl (C=O) groups excluding carboxylic acids is 1. The molecule has 4 nitrogen and oxygen atoms in total. The van der Waals surface area contributed by atoms with E-state index in [4.69, 9.17) is 22.1 Å². The molecule has 0 unspecified atom stereocenters. The van der Waals surface area contributed by atoms with E-state index < -0.39 is 5.91 Å². The fourth-order valence-electron chi connectivity index (χ4n) is 0.934. The molecule has 0 bridgehead atoms. The molecule has 0 aromatic carbocycles. The minimum Gasteiger partial charge on any atom is -0.477 e. The molecule has 0 saturated heterocycles. The molecule has 0 aliphatic rings. The molecule has 0 fully saturated rings. The van der Waals surface area contributed by atoms with E-state index >= 15 is 0 Å². The van der Waals surface area contributed by atoms with Crippen LogP contribution in [0.4, 0.5) is 0 Å². The first kappa shape index (κ1) is 11.8. The topological polar surface area (TPSA) is 65.2 Å². The Balaban J connectivity index is 2.78. The van der Waals surface area contributed by atoms with Gasteiger partial charge in [0.25, 0.3) is 5.91 Å². The number of nitrogens with zero attached hydrogens (tertiary/aromatic N) is 1. The second-order valence-corrected chi connectivity index (χ2v) is 3.91. The zero-order valence-corrected chi connectivity index (χ0v) is 9.41. The second kappa shape index (κ2) is 4.98. The van der Waals surface area contributed by atoms with Crippen molar-refractivity contribution in [2.45, 2.75) is 13.8 Å². The zero-order chi connectivity index (χ0) is 11.4. The standard InChI is InChI=1S/C10H13ClN2O2/c1-6(2)5-15-8-4-3-7(10(12)14)9(11)13-8/h3-4,6H,5H2,1-2H3,(H2,12,14). The highest BCUT2D eigenvalue weighted by atomic mass is 35.5. The van der Waals surface area contributed by atoms with E-state index in [1.54, 1.807) is 6.07 Å². The van der Waals surface area contributed by atoms with Gasteiger partial charge in [-0.3, -0.25) is 4.79 Å². The first-order chi connectivity index (χ1) is 7.00. The molecule has 0 radical (unpaired) electrons. The van der Waals surface area contributed by atoms with Crippen LogP contribution in [0.2, 0.25) is 5.15 Å². The number of rotatable bonds is 4. The summed E-state index contributed by atoms with van der Waals surface area (Å²) < 4.78 is 5.34. The number of nitrogens with two attached hydrogens (primary N) is 1.